The second-order valence-electron chi connectivity index (χ2n) is 6.60. The first-order valence-corrected chi connectivity index (χ1v) is 9.26. The monoisotopic (exact) mass is 402 g/mol. The average Bonchev–Trinajstić information content (AvgIpc) is 2.60. The van der Waals surface area contributed by atoms with Crippen molar-refractivity contribution in [3.8, 4) is 0 Å². The Hall–Kier alpha value is -2.11. The number of alkyl halides is 3. The number of nitrogens with zero attached hydrogens (tertiary/aromatic N) is 2. The van der Waals surface area contributed by atoms with Gasteiger partial charge in [-0.2, -0.15) is 13.2 Å². The van der Waals surface area contributed by atoms with Gasteiger partial charge in [0, 0.05) is 26.7 Å². The lowest BCUT2D eigenvalue weighted by atomic mass is 10.1. The van der Waals surface area contributed by atoms with Crippen LogP contribution < -0.4 is 0 Å². The van der Waals surface area contributed by atoms with Crippen molar-refractivity contribution in [1.29, 1.82) is 0 Å². The zero-order valence-corrected chi connectivity index (χ0v) is 19.0. The molecule has 0 aliphatic carbocycles. The van der Waals surface area contributed by atoms with E-state index < -0.39 is 11.7 Å². The molecule has 1 aromatic carbocycles. The van der Waals surface area contributed by atoms with Crippen molar-refractivity contribution in [2.45, 2.75) is 54.6 Å². The number of benzene rings is 1. The second-order valence-corrected chi connectivity index (χ2v) is 6.60. The first-order valence-electron chi connectivity index (χ1n) is 9.26. The molecule has 0 fully saturated rings. The molecule has 0 saturated heterocycles. The Bertz CT molecular complexity index is 587. The molecule has 0 spiro atoms. The van der Waals surface area contributed by atoms with Gasteiger partial charge in [-0.25, -0.2) is 0 Å². The van der Waals surface area contributed by atoms with Crippen LogP contribution in [0.15, 0.2) is 40.9 Å². The van der Waals surface area contributed by atoms with Crippen molar-refractivity contribution in [1.82, 2.24) is 4.90 Å². The number of carbonyl (C=O) groups excluding carboxylic acids is 1. The van der Waals surface area contributed by atoms with Gasteiger partial charge in [0.05, 0.1) is 5.71 Å². The molecule has 0 heterocycles. The molecular weight excluding hydrogens is 365 g/mol. The highest BCUT2D eigenvalue weighted by Crippen LogP contribution is 2.25. The van der Waals surface area contributed by atoms with E-state index in [0.717, 1.165) is 30.9 Å². The Kier molecular flexibility index (Phi) is 18.6. The zero-order valence-electron chi connectivity index (χ0n) is 19.0. The molecule has 0 atom stereocenters. The number of hydrogen-bond donors (Lipinski definition) is 0. The fourth-order valence-electron chi connectivity index (χ4n) is 1.37. The van der Waals surface area contributed by atoms with Crippen molar-refractivity contribution in [3.05, 3.63) is 47.0 Å². The molecule has 28 heavy (non-hydrogen) atoms. The van der Waals surface area contributed by atoms with Gasteiger partial charge in [0.15, 0.2) is 0 Å². The van der Waals surface area contributed by atoms with E-state index in [0.29, 0.717) is 11.3 Å². The summed E-state index contributed by atoms with van der Waals surface area (Å²) in [7, 11) is 4.86. The maximum atomic E-state index is 12.4. The first kappa shape index (κ1) is 30.6. The van der Waals surface area contributed by atoms with Gasteiger partial charge in [-0.15, -0.1) is 0 Å². The van der Waals surface area contributed by atoms with Gasteiger partial charge in [-0.05, 0) is 37.5 Å². The molecule has 0 radical (unpaired) electrons. The minimum absolute atomic E-state index is 0.337. The standard InChI is InChI=1S/C13H14F3N.C4H10.C3H7NO.C2H6/c1-9-5-4-6-11(7-9)12(17-3)8-10(2)13(14,15)16;1-4(2)3;1-4(2)3-5;1-2/h4-8H,1-3H3;4H,1-3H3;3H,1-2H3;1-2H3/b10-8+,17-12?;;;. The van der Waals surface area contributed by atoms with Crippen molar-refractivity contribution in [2.75, 3.05) is 21.1 Å². The molecule has 6 heteroatoms. The topological polar surface area (TPSA) is 32.7 Å². The fourth-order valence-corrected chi connectivity index (χ4v) is 1.37. The highest BCUT2D eigenvalue weighted by atomic mass is 19.4. The predicted molar refractivity (Wildman–Crippen MR) is 115 cm³/mol. The van der Waals surface area contributed by atoms with Crippen LogP contribution in [-0.4, -0.2) is 44.3 Å². The van der Waals surface area contributed by atoms with Gasteiger partial charge in [-0.3, -0.25) is 9.79 Å². The lowest BCUT2D eigenvalue weighted by Crippen LogP contribution is -2.11. The van der Waals surface area contributed by atoms with E-state index in [4.69, 9.17) is 0 Å². The number of hydrogen-bond acceptors (Lipinski definition) is 2. The number of amides is 1. The molecule has 0 bridgehead atoms. The van der Waals surface area contributed by atoms with Crippen LogP contribution in [0.25, 0.3) is 0 Å². The van der Waals surface area contributed by atoms with Crippen LogP contribution >= 0.6 is 0 Å². The van der Waals surface area contributed by atoms with Gasteiger partial charge >= 0.3 is 6.18 Å². The summed E-state index contributed by atoms with van der Waals surface area (Å²) in [6, 6.07) is 7.24. The van der Waals surface area contributed by atoms with E-state index in [1.165, 1.54) is 11.9 Å². The summed E-state index contributed by atoms with van der Waals surface area (Å²) >= 11 is 0. The number of rotatable bonds is 3. The van der Waals surface area contributed by atoms with Gasteiger partial charge in [-0.1, -0.05) is 58.4 Å². The number of aryl methyl sites for hydroxylation is 1. The number of allylic oxidation sites excluding steroid dienone is 2. The third-order valence-electron chi connectivity index (χ3n) is 2.57. The van der Waals surface area contributed by atoms with Crippen LogP contribution in [0, 0.1) is 12.8 Å². The van der Waals surface area contributed by atoms with Crippen LogP contribution in [0.4, 0.5) is 13.2 Å². The molecule has 3 nitrogen and oxygen atoms in total. The van der Waals surface area contributed by atoms with E-state index in [-0.39, 0.29) is 0 Å². The minimum Gasteiger partial charge on any atom is -0.351 e. The maximum absolute atomic E-state index is 12.4. The molecule has 0 N–H and O–H groups in total. The van der Waals surface area contributed by atoms with E-state index >= 15 is 0 Å². The van der Waals surface area contributed by atoms with Gasteiger partial charge < -0.3 is 4.90 Å². The molecule has 1 rings (SSSR count). The van der Waals surface area contributed by atoms with Crippen molar-refractivity contribution in [3.63, 3.8) is 0 Å². The summed E-state index contributed by atoms with van der Waals surface area (Å²) in [4.78, 5) is 14.8. The lowest BCUT2D eigenvalue weighted by molar-refractivity contribution is -0.115. The van der Waals surface area contributed by atoms with E-state index in [1.807, 2.05) is 32.9 Å². The smallest absolute Gasteiger partial charge is 0.351 e. The largest absolute Gasteiger partial charge is 0.412 e. The van der Waals surface area contributed by atoms with Crippen LogP contribution in [0.1, 0.15) is 52.7 Å². The molecule has 0 aliphatic rings. The minimum atomic E-state index is -4.31. The molecule has 162 valence electrons. The Balaban J connectivity index is -0.000000471. The molecule has 0 saturated carbocycles. The Morgan fingerprint density at radius 2 is 1.57 bits per heavy atom. The highest BCUT2D eigenvalue weighted by Gasteiger charge is 2.30. The van der Waals surface area contributed by atoms with Crippen LogP contribution in [0.3, 0.4) is 0 Å². The Labute approximate surface area is 169 Å². The van der Waals surface area contributed by atoms with Gasteiger partial charge in [0.1, 0.15) is 0 Å². The Morgan fingerprint density at radius 1 is 1.14 bits per heavy atom. The summed E-state index contributed by atoms with van der Waals surface area (Å²) in [5.41, 5.74) is 1.36. The molecule has 1 amide bonds. The summed E-state index contributed by atoms with van der Waals surface area (Å²) in [5.74, 6) is 0.833. The van der Waals surface area contributed by atoms with Crippen LogP contribution in [0.5, 0.6) is 0 Å². The number of carbonyl (C=O) groups is 1. The normalized spacial score (nSPS) is 11.2. The third kappa shape index (κ3) is 18.7. The van der Waals surface area contributed by atoms with E-state index in [2.05, 4.69) is 25.8 Å². The molecule has 1 aromatic rings. The summed E-state index contributed by atoms with van der Waals surface area (Å²) < 4.78 is 37.3. The van der Waals surface area contributed by atoms with Crippen LogP contribution in [0.2, 0.25) is 0 Å². The quantitative estimate of drug-likeness (QED) is 0.430. The number of halogens is 3. The van der Waals surface area contributed by atoms with Crippen LogP contribution in [-0.2, 0) is 4.79 Å². The fraction of sp³-hybridized carbons (Fsp3) is 0.545. The van der Waals surface area contributed by atoms with Crippen molar-refractivity contribution in [2.24, 2.45) is 10.9 Å². The van der Waals surface area contributed by atoms with E-state index in [1.54, 1.807) is 26.2 Å². The van der Waals surface area contributed by atoms with Gasteiger partial charge in [0.25, 0.3) is 0 Å². The van der Waals surface area contributed by atoms with Crippen molar-refractivity contribution >= 4 is 12.1 Å². The highest BCUT2D eigenvalue weighted by molar-refractivity contribution is 6.09. The number of aliphatic imine (C=N–C) groups is 1. The maximum Gasteiger partial charge on any atom is 0.412 e. The third-order valence-corrected chi connectivity index (χ3v) is 2.57. The summed E-state index contributed by atoms with van der Waals surface area (Å²) in [5, 5.41) is 0. The lowest BCUT2D eigenvalue weighted by Gasteiger charge is -2.08. The molecule has 0 aliphatic heterocycles. The molecular formula is C22H37F3N2O. The van der Waals surface area contributed by atoms with Crippen molar-refractivity contribution < 1.29 is 18.0 Å². The van der Waals surface area contributed by atoms with Gasteiger partial charge in [0.2, 0.25) is 6.41 Å². The average molecular weight is 403 g/mol. The molecule has 0 unspecified atom stereocenters. The Morgan fingerprint density at radius 3 is 1.86 bits per heavy atom. The van der Waals surface area contributed by atoms with E-state index in [9.17, 15) is 18.0 Å². The SMILES string of the molecule is CC.CC(C)C.CN(C)C=O.CN=C(/C=C(\C)C(F)(F)F)c1cccc(C)c1. The first-order chi connectivity index (χ1) is 12.8. The summed E-state index contributed by atoms with van der Waals surface area (Å²) in [6.45, 7) is 13.4. The second kappa shape index (κ2) is 17.0. The molecule has 0 aromatic heterocycles. The summed E-state index contributed by atoms with van der Waals surface area (Å²) in [6.07, 6.45) is -2.49. The predicted octanol–water partition coefficient (Wildman–Crippen LogP) is 6.32. The zero-order chi connectivity index (χ0) is 22.9.